The van der Waals surface area contributed by atoms with Gasteiger partial charge in [0.15, 0.2) is 0 Å². The zero-order chi connectivity index (χ0) is 27.2. The topological polar surface area (TPSA) is 106 Å². The number of amides is 1. The van der Waals surface area contributed by atoms with E-state index in [9.17, 15) is 27.2 Å². The summed E-state index contributed by atoms with van der Waals surface area (Å²) in [7, 11) is 0. The lowest BCUT2D eigenvalue weighted by atomic mass is 10.1. The van der Waals surface area contributed by atoms with Crippen LogP contribution in [0.25, 0.3) is 22.6 Å². The van der Waals surface area contributed by atoms with Gasteiger partial charge in [-0.05, 0) is 12.1 Å². The zero-order valence-electron chi connectivity index (χ0n) is 19.8. The van der Waals surface area contributed by atoms with Gasteiger partial charge in [0.1, 0.15) is 30.7 Å². The molecule has 0 saturated carbocycles. The Balaban J connectivity index is 1.78. The Morgan fingerprint density at radius 2 is 1.89 bits per heavy atom. The summed E-state index contributed by atoms with van der Waals surface area (Å²) in [5, 5.41) is 2.55. The van der Waals surface area contributed by atoms with Gasteiger partial charge < -0.3 is 19.8 Å². The zero-order valence-corrected chi connectivity index (χ0v) is 19.8. The average Bonchev–Trinajstić information content (AvgIpc) is 2.82. The predicted octanol–water partition coefficient (Wildman–Crippen LogP) is 4.01. The molecule has 37 heavy (non-hydrogen) atoms. The number of aromatic nitrogens is 3. The fraction of sp³-hybridized carbons (Fsp3) is 0.333. The minimum atomic E-state index is -4.43. The monoisotopic (exact) mass is 526 g/mol. The first-order valence-corrected chi connectivity index (χ1v) is 11.0. The fourth-order valence-corrected chi connectivity index (χ4v) is 3.07. The van der Waals surface area contributed by atoms with Crippen LogP contribution < -0.4 is 15.6 Å². The molecule has 2 N–H and O–H groups in total. The van der Waals surface area contributed by atoms with Crippen LogP contribution in [-0.4, -0.2) is 46.9 Å². The predicted molar refractivity (Wildman–Crippen MR) is 122 cm³/mol. The Bertz CT molecular complexity index is 1290. The molecule has 0 aliphatic carbocycles. The number of carbonyl (C=O) groups excluding carboxylic acids is 1. The van der Waals surface area contributed by atoms with Gasteiger partial charge >= 0.3 is 6.18 Å². The van der Waals surface area contributed by atoms with Crippen LogP contribution in [0.2, 0.25) is 0 Å². The molecule has 1 amide bonds. The van der Waals surface area contributed by atoms with Gasteiger partial charge in [-0.25, -0.2) is 18.7 Å². The fourth-order valence-electron chi connectivity index (χ4n) is 3.07. The molecule has 0 saturated heterocycles. The third kappa shape index (κ3) is 7.81. The van der Waals surface area contributed by atoms with Gasteiger partial charge in [0, 0.05) is 41.9 Å². The summed E-state index contributed by atoms with van der Waals surface area (Å²) < 4.78 is 75.6. The van der Waals surface area contributed by atoms with Crippen molar-refractivity contribution in [2.45, 2.75) is 26.6 Å². The normalized spacial score (nSPS) is 11.6. The highest BCUT2D eigenvalue weighted by Crippen LogP contribution is 2.27. The van der Waals surface area contributed by atoms with Crippen LogP contribution in [0.15, 0.2) is 41.3 Å². The molecule has 2 aromatic heterocycles. The molecule has 13 heteroatoms. The maximum Gasteiger partial charge on any atom is 0.411 e. The van der Waals surface area contributed by atoms with Gasteiger partial charge in [-0.2, -0.15) is 13.2 Å². The molecule has 0 spiro atoms. The van der Waals surface area contributed by atoms with Crippen molar-refractivity contribution in [2.24, 2.45) is 5.92 Å². The van der Waals surface area contributed by atoms with Crippen molar-refractivity contribution in [2.75, 3.05) is 19.8 Å². The van der Waals surface area contributed by atoms with E-state index < -0.39 is 35.5 Å². The maximum atomic E-state index is 15.2. The van der Waals surface area contributed by atoms with E-state index in [-0.39, 0.29) is 54.5 Å². The van der Waals surface area contributed by atoms with Crippen molar-refractivity contribution in [3.63, 3.8) is 0 Å². The molecule has 0 unspecified atom stereocenters. The number of nitrogens with zero attached hydrogens (tertiary/aromatic N) is 2. The summed E-state index contributed by atoms with van der Waals surface area (Å²) in [5.41, 5.74) is -0.875. The highest BCUT2D eigenvalue weighted by molar-refractivity contribution is 5.77. The smallest absolute Gasteiger partial charge is 0.411 e. The minimum absolute atomic E-state index is 0.000772. The number of hydrogen-bond donors (Lipinski definition) is 2. The van der Waals surface area contributed by atoms with Gasteiger partial charge in [-0.15, -0.1) is 0 Å². The first-order valence-electron chi connectivity index (χ1n) is 11.0. The van der Waals surface area contributed by atoms with Crippen molar-refractivity contribution in [3.8, 4) is 28.5 Å². The molecular weight excluding hydrogens is 503 g/mol. The lowest BCUT2D eigenvalue weighted by Gasteiger charge is -2.12. The number of rotatable bonds is 10. The number of H-pyrrole nitrogens is 1. The van der Waals surface area contributed by atoms with Crippen LogP contribution in [0.5, 0.6) is 5.88 Å². The molecular formula is C24H23F5N4O4. The van der Waals surface area contributed by atoms with Crippen LogP contribution in [0, 0.1) is 17.6 Å². The number of halogens is 5. The number of nitrogens with one attached hydrogen (secondary N) is 2. The molecule has 0 aliphatic heterocycles. The molecule has 0 radical (unpaired) electrons. The number of aromatic amines is 1. The summed E-state index contributed by atoms with van der Waals surface area (Å²) in [6.07, 6.45) is -3.15. The molecule has 3 rings (SSSR count). The van der Waals surface area contributed by atoms with Crippen LogP contribution in [0.1, 0.15) is 19.4 Å². The number of pyridine rings is 1. The lowest BCUT2D eigenvalue weighted by Crippen LogP contribution is -2.27. The first-order chi connectivity index (χ1) is 17.4. The van der Waals surface area contributed by atoms with E-state index in [2.05, 4.69) is 25.0 Å². The van der Waals surface area contributed by atoms with Gasteiger partial charge in [0.25, 0.3) is 5.56 Å². The molecule has 2 heterocycles. The van der Waals surface area contributed by atoms with Crippen LogP contribution in [0.4, 0.5) is 22.0 Å². The van der Waals surface area contributed by atoms with Crippen LogP contribution in [0.3, 0.4) is 0 Å². The molecule has 8 nitrogen and oxygen atoms in total. The maximum absolute atomic E-state index is 15.2. The van der Waals surface area contributed by atoms with Crippen molar-refractivity contribution >= 4 is 5.91 Å². The molecule has 0 aliphatic rings. The van der Waals surface area contributed by atoms with Crippen molar-refractivity contribution in [3.05, 3.63) is 64.1 Å². The number of hydrogen-bond acceptors (Lipinski definition) is 6. The third-order valence-electron chi connectivity index (χ3n) is 4.90. The van der Waals surface area contributed by atoms with E-state index >= 15 is 4.39 Å². The van der Waals surface area contributed by atoms with E-state index in [1.807, 2.05) is 0 Å². The quantitative estimate of drug-likeness (QED) is 0.306. The number of carbonyl (C=O) groups is 1. The second-order valence-corrected chi connectivity index (χ2v) is 8.15. The van der Waals surface area contributed by atoms with Crippen molar-refractivity contribution < 1.29 is 36.2 Å². The Kier molecular flexibility index (Phi) is 8.92. The SMILES string of the molecule is CC(C)C(=O)NCc1ccc(F)c(-c2nc(-c3ccc(OCCOCC(F)(F)F)nc3)cc(=O)[nH]2)c1F. The van der Waals surface area contributed by atoms with Crippen molar-refractivity contribution in [1.82, 2.24) is 20.3 Å². The van der Waals surface area contributed by atoms with Gasteiger partial charge in [-0.3, -0.25) is 9.59 Å². The van der Waals surface area contributed by atoms with Gasteiger partial charge in [0.2, 0.25) is 11.8 Å². The molecule has 198 valence electrons. The van der Waals surface area contributed by atoms with Crippen molar-refractivity contribution in [1.29, 1.82) is 0 Å². The van der Waals surface area contributed by atoms with E-state index in [4.69, 9.17) is 4.74 Å². The summed E-state index contributed by atoms with van der Waals surface area (Å²) in [5.74, 6) is -2.88. The van der Waals surface area contributed by atoms with E-state index in [1.54, 1.807) is 13.8 Å². The van der Waals surface area contributed by atoms with E-state index in [0.29, 0.717) is 5.56 Å². The second kappa shape index (κ2) is 11.9. The standard InChI is InChI=1S/C24H23F5N4O4/c1-13(2)23(35)31-11-15-3-5-16(25)20(21(15)26)22-32-17(9-18(34)33-22)14-4-6-19(30-10-14)37-8-7-36-12-24(27,28)29/h3-6,9-10,13H,7-8,11-12H2,1-2H3,(H,31,35)(H,32,33,34). The second-order valence-electron chi connectivity index (χ2n) is 8.15. The summed E-state index contributed by atoms with van der Waals surface area (Å²) in [6, 6.07) is 6.16. The van der Waals surface area contributed by atoms with Crippen LogP contribution >= 0.6 is 0 Å². The van der Waals surface area contributed by atoms with Crippen LogP contribution in [-0.2, 0) is 16.1 Å². The van der Waals surface area contributed by atoms with Gasteiger partial charge in [-0.1, -0.05) is 19.9 Å². The largest absolute Gasteiger partial charge is 0.475 e. The molecule has 3 aromatic rings. The minimum Gasteiger partial charge on any atom is -0.475 e. The number of alkyl halides is 3. The number of ether oxygens (including phenoxy) is 2. The van der Waals surface area contributed by atoms with Gasteiger partial charge in [0.05, 0.1) is 17.9 Å². The molecule has 0 bridgehead atoms. The summed E-state index contributed by atoms with van der Waals surface area (Å²) >= 11 is 0. The Morgan fingerprint density at radius 1 is 1.14 bits per heavy atom. The number of benzene rings is 1. The lowest BCUT2D eigenvalue weighted by molar-refractivity contribution is -0.175. The molecule has 0 fully saturated rings. The van der Waals surface area contributed by atoms with E-state index in [0.717, 1.165) is 12.1 Å². The van der Waals surface area contributed by atoms with E-state index in [1.165, 1.54) is 24.4 Å². The summed E-state index contributed by atoms with van der Waals surface area (Å²) in [6.45, 7) is 1.27. The highest BCUT2D eigenvalue weighted by atomic mass is 19.4. The molecule has 0 atom stereocenters. The Hall–Kier alpha value is -3.87. The summed E-state index contributed by atoms with van der Waals surface area (Å²) in [4.78, 5) is 34.6. The first kappa shape index (κ1) is 27.7. The Labute approximate surface area is 207 Å². The molecule has 1 aromatic carbocycles. The third-order valence-corrected chi connectivity index (χ3v) is 4.90. The Morgan fingerprint density at radius 3 is 2.54 bits per heavy atom. The average molecular weight is 526 g/mol. The highest BCUT2D eigenvalue weighted by Gasteiger charge is 2.27.